The summed E-state index contributed by atoms with van der Waals surface area (Å²) in [4.78, 5) is 15.7. The van der Waals surface area contributed by atoms with Gasteiger partial charge in [-0.1, -0.05) is 84.9 Å². The van der Waals surface area contributed by atoms with Crippen LogP contribution in [0.5, 0.6) is 0 Å². The zero-order valence-corrected chi connectivity index (χ0v) is 17.6. The minimum absolute atomic E-state index is 0.00830. The van der Waals surface area contributed by atoms with Crippen LogP contribution in [0.4, 0.5) is 5.69 Å². The van der Waals surface area contributed by atoms with Crippen LogP contribution in [-0.2, 0) is 16.1 Å². The Balaban J connectivity index is 1.67. The van der Waals surface area contributed by atoms with Crippen LogP contribution in [-0.4, -0.2) is 19.1 Å². The summed E-state index contributed by atoms with van der Waals surface area (Å²) in [6, 6.07) is 27.3. The lowest BCUT2D eigenvalue weighted by Crippen LogP contribution is -2.32. The maximum absolute atomic E-state index is 13.7. The number of amides is 1. The molecule has 0 N–H and O–H groups in total. The molecular weight excluding hydrogens is 382 g/mol. The van der Waals surface area contributed by atoms with Crippen molar-refractivity contribution >= 4 is 11.6 Å². The van der Waals surface area contributed by atoms with Crippen molar-refractivity contribution in [2.45, 2.75) is 25.0 Å². The molecule has 31 heavy (non-hydrogen) atoms. The van der Waals surface area contributed by atoms with Crippen molar-refractivity contribution in [3.8, 4) is 0 Å². The van der Waals surface area contributed by atoms with E-state index >= 15 is 0 Å². The van der Waals surface area contributed by atoms with Crippen LogP contribution < -0.4 is 4.90 Å². The van der Waals surface area contributed by atoms with Gasteiger partial charge in [-0.15, -0.1) is 0 Å². The van der Waals surface area contributed by atoms with Gasteiger partial charge in [-0.2, -0.15) is 0 Å². The Morgan fingerprint density at radius 3 is 2.42 bits per heavy atom. The molecule has 0 radical (unpaired) electrons. The number of para-hydroxylation sites is 1. The minimum atomic E-state index is -0.0597. The Morgan fingerprint density at radius 1 is 0.903 bits per heavy atom. The van der Waals surface area contributed by atoms with Gasteiger partial charge in [0.05, 0.1) is 12.6 Å². The van der Waals surface area contributed by atoms with Crippen molar-refractivity contribution in [1.82, 2.24) is 0 Å². The molecule has 0 spiro atoms. The zero-order valence-electron chi connectivity index (χ0n) is 17.6. The Bertz CT molecular complexity index is 1160. The minimum Gasteiger partial charge on any atom is -0.377 e. The first-order valence-corrected chi connectivity index (χ1v) is 10.7. The third kappa shape index (κ3) is 3.62. The fourth-order valence-electron chi connectivity index (χ4n) is 4.66. The molecule has 3 heteroatoms. The number of fused-ring (bicyclic) bond motifs is 2. The predicted molar refractivity (Wildman–Crippen MR) is 124 cm³/mol. The third-order valence-corrected chi connectivity index (χ3v) is 6.19. The highest BCUT2D eigenvalue weighted by atomic mass is 16.5. The van der Waals surface area contributed by atoms with E-state index in [1.54, 1.807) is 7.11 Å². The van der Waals surface area contributed by atoms with Crippen LogP contribution in [0.25, 0.3) is 0 Å². The number of hydrogen-bond donors (Lipinski definition) is 0. The maximum atomic E-state index is 13.7. The second kappa shape index (κ2) is 8.37. The molecule has 0 aromatic heterocycles. The predicted octanol–water partition coefficient (Wildman–Crippen LogP) is 5.61. The van der Waals surface area contributed by atoms with Crippen molar-refractivity contribution in [1.29, 1.82) is 0 Å². The van der Waals surface area contributed by atoms with Gasteiger partial charge < -0.3 is 9.64 Å². The van der Waals surface area contributed by atoms with E-state index in [2.05, 4.69) is 66.7 Å². The average Bonchev–Trinajstić information content (AvgIpc) is 2.99. The molecule has 0 bridgehead atoms. The molecule has 2 aliphatic rings. The van der Waals surface area contributed by atoms with Crippen molar-refractivity contribution in [3.05, 3.63) is 125 Å². The molecule has 1 amide bonds. The van der Waals surface area contributed by atoms with E-state index in [1.165, 1.54) is 16.7 Å². The fourth-order valence-corrected chi connectivity index (χ4v) is 4.66. The highest BCUT2D eigenvalue weighted by molar-refractivity contribution is 6.08. The Morgan fingerprint density at radius 2 is 1.61 bits per heavy atom. The summed E-state index contributed by atoms with van der Waals surface area (Å²) in [7, 11) is 1.68. The summed E-state index contributed by atoms with van der Waals surface area (Å²) in [5.41, 5.74) is 6.45. The number of rotatable bonds is 3. The van der Waals surface area contributed by atoms with Gasteiger partial charge in [0.15, 0.2) is 0 Å². The summed E-state index contributed by atoms with van der Waals surface area (Å²) in [6.45, 7) is 0.540. The number of anilines is 1. The van der Waals surface area contributed by atoms with Gasteiger partial charge in [0, 0.05) is 24.3 Å². The summed E-state index contributed by atoms with van der Waals surface area (Å²) >= 11 is 0. The van der Waals surface area contributed by atoms with Crippen molar-refractivity contribution in [2.24, 2.45) is 0 Å². The van der Waals surface area contributed by atoms with Crippen LogP contribution in [0.15, 0.2) is 103 Å². The highest BCUT2D eigenvalue weighted by Gasteiger charge is 2.31. The highest BCUT2D eigenvalue weighted by Crippen LogP contribution is 2.42. The van der Waals surface area contributed by atoms with Gasteiger partial charge in [0.1, 0.15) is 0 Å². The van der Waals surface area contributed by atoms with E-state index < -0.39 is 0 Å². The summed E-state index contributed by atoms with van der Waals surface area (Å²) in [5, 5.41) is 0. The van der Waals surface area contributed by atoms with Crippen molar-refractivity contribution in [3.63, 3.8) is 0 Å². The first-order valence-electron chi connectivity index (χ1n) is 10.7. The molecule has 1 aliphatic carbocycles. The molecular formula is C28H25NO2. The number of carbonyl (C=O) groups is 1. The maximum Gasteiger partial charge on any atom is 0.258 e. The van der Waals surface area contributed by atoms with E-state index in [9.17, 15) is 4.79 Å². The Labute approximate surface area is 183 Å². The van der Waals surface area contributed by atoms with E-state index in [0.717, 1.165) is 17.7 Å². The number of ether oxygens (including phenoxy) is 1. The van der Waals surface area contributed by atoms with E-state index in [4.69, 9.17) is 4.74 Å². The Kier molecular flexibility index (Phi) is 5.27. The lowest BCUT2D eigenvalue weighted by molar-refractivity contribution is -0.115. The average molecular weight is 408 g/mol. The lowest BCUT2D eigenvalue weighted by atomic mass is 9.83. The number of methoxy groups -OCH3 is 1. The first kappa shape index (κ1) is 19.5. The van der Waals surface area contributed by atoms with E-state index in [-0.39, 0.29) is 17.9 Å². The molecule has 2 atom stereocenters. The normalized spacial score (nSPS) is 19.8. The number of carbonyl (C=O) groups excluding carboxylic acids is 1. The van der Waals surface area contributed by atoms with E-state index in [0.29, 0.717) is 12.1 Å². The molecule has 5 rings (SSSR count). The van der Waals surface area contributed by atoms with Crippen molar-refractivity contribution in [2.75, 3.05) is 12.0 Å². The lowest BCUT2D eigenvalue weighted by Gasteiger charge is -2.26. The first-order chi connectivity index (χ1) is 15.3. The zero-order chi connectivity index (χ0) is 21.2. The third-order valence-electron chi connectivity index (χ3n) is 6.19. The summed E-state index contributed by atoms with van der Waals surface area (Å²) < 4.78 is 5.49. The van der Waals surface area contributed by atoms with Gasteiger partial charge in [-0.05, 0) is 40.8 Å². The molecule has 3 aromatic carbocycles. The molecule has 3 aromatic rings. The smallest absolute Gasteiger partial charge is 0.258 e. The van der Waals surface area contributed by atoms with Crippen LogP contribution in [0.3, 0.4) is 0 Å². The van der Waals surface area contributed by atoms with Gasteiger partial charge >= 0.3 is 0 Å². The number of nitrogens with zero attached hydrogens (tertiary/aromatic N) is 1. The summed E-state index contributed by atoms with van der Waals surface area (Å²) in [6.07, 6.45) is 6.62. The number of hydrogen-bond acceptors (Lipinski definition) is 2. The second-order valence-electron chi connectivity index (χ2n) is 8.03. The second-order valence-corrected chi connectivity index (χ2v) is 8.03. The quantitative estimate of drug-likeness (QED) is 0.564. The van der Waals surface area contributed by atoms with Crippen LogP contribution >= 0.6 is 0 Å². The molecule has 0 saturated heterocycles. The van der Waals surface area contributed by atoms with Gasteiger partial charge in [0.2, 0.25) is 0 Å². The number of benzene rings is 3. The van der Waals surface area contributed by atoms with Crippen molar-refractivity contribution < 1.29 is 9.53 Å². The molecule has 3 nitrogen and oxygen atoms in total. The Hall–Kier alpha value is -3.43. The summed E-state index contributed by atoms with van der Waals surface area (Å²) in [5.74, 6) is 0.0861. The van der Waals surface area contributed by atoms with Gasteiger partial charge in [0.25, 0.3) is 5.91 Å². The van der Waals surface area contributed by atoms with E-state index in [1.807, 2.05) is 35.3 Å². The monoisotopic (exact) mass is 407 g/mol. The molecule has 1 heterocycles. The van der Waals surface area contributed by atoms with Crippen LogP contribution in [0.1, 0.15) is 34.6 Å². The standard InChI is InChI=1S/C28H25NO2/c1-31-23-14-9-13-21(18-23)28(30)29-19-22-12-5-6-15-24(22)27(20-10-3-2-4-11-20)25-16-7-8-17-26(25)29/h2-13,15-18,23,27H,14,19H2,1H3. The van der Waals surface area contributed by atoms with Gasteiger partial charge in [-0.25, -0.2) is 0 Å². The SMILES string of the molecule is COC1C=C(C(=O)N2Cc3ccccc3C(c3ccccc3)c3ccccc32)C=CC1. The fraction of sp³-hybridized carbons (Fsp3) is 0.179. The molecule has 154 valence electrons. The molecule has 2 unspecified atom stereocenters. The van der Waals surface area contributed by atoms with Crippen LogP contribution in [0.2, 0.25) is 0 Å². The molecule has 1 aliphatic heterocycles. The van der Waals surface area contributed by atoms with Crippen LogP contribution in [0, 0.1) is 0 Å². The topological polar surface area (TPSA) is 29.5 Å². The van der Waals surface area contributed by atoms with Gasteiger partial charge in [-0.3, -0.25) is 4.79 Å². The molecule has 0 saturated carbocycles. The molecule has 0 fully saturated rings. The largest absolute Gasteiger partial charge is 0.377 e.